The highest BCUT2D eigenvalue weighted by atomic mass is 19.1. The zero-order valence-electron chi connectivity index (χ0n) is 17.5. The average Bonchev–Trinajstić information content (AvgIpc) is 2.94. The molecule has 1 aromatic rings. The molecule has 4 heteroatoms. The molecule has 1 aromatic heterocycles. The van der Waals surface area contributed by atoms with E-state index in [0.717, 1.165) is 37.8 Å². The molecular formula is C25H29FN2O. The molecule has 5 atom stereocenters. The molecule has 1 aliphatic heterocycles. The van der Waals surface area contributed by atoms with Gasteiger partial charge in [-0.1, -0.05) is 44.1 Å². The van der Waals surface area contributed by atoms with Gasteiger partial charge in [-0.3, -0.25) is 9.78 Å². The van der Waals surface area contributed by atoms with Crippen molar-refractivity contribution in [2.75, 3.05) is 6.54 Å². The van der Waals surface area contributed by atoms with Gasteiger partial charge in [-0.15, -0.1) is 0 Å². The SMILES string of the molecule is CC1CC2C3=CC=C(c4cncc(F)c4)[C@@]3(C)CCC2[C@@]2(C)CCNC(=O)C=C12. The first-order valence-corrected chi connectivity index (χ1v) is 10.9. The van der Waals surface area contributed by atoms with E-state index in [2.05, 4.69) is 43.2 Å². The molecule has 2 heterocycles. The summed E-state index contributed by atoms with van der Waals surface area (Å²) in [5.41, 5.74) is 4.97. The van der Waals surface area contributed by atoms with E-state index in [4.69, 9.17) is 0 Å². The van der Waals surface area contributed by atoms with Crippen molar-refractivity contribution >= 4 is 11.5 Å². The molecular weight excluding hydrogens is 363 g/mol. The highest BCUT2D eigenvalue weighted by molar-refractivity contribution is 5.89. The second kappa shape index (κ2) is 6.38. The Kier molecular flexibility index (Phi) is 4.13. The van der Waals surface area contributed by atoms with E-state index in [1.165, 1.54) is 22.9 Å². The first kappa shape index (κ1) is 18.8. The molecule has 3 unspecified atom stereocenters. The summed E-state index contributed by atoms with van der Waals surface area (Å²) in [5.74, 6) is 1.24. The van der Waals surface area contributed by atoms with E-state index in [1.54, 1.807) is 12.3 Å². The van der Waals surface area contributed by atoms with Crippen LogP contribution in [0.3, 0.4) is 0 Å². The first-order chi connectivity index (χ1) is 13.8. The molecule has 0 radical (unpaired) electrons. The third kappa shape index (κ3) is 2.68. The van der Waals surface area contributed by atoms with E-state index in [9.17, 15) is 9.18 Å². The van der Waals surface area contributed by atoms with Crippen LogP contribution in [0.25, 0.3) is 5.57 Å². The van der Waals surface area contributed by atoms with Gasteiger partial charge in [0.1, 0.15) is 5.82 Å². The van der Waals surface area contributed by atoms with Crippen LogP contribution in [0.5, 0.6) is 0 Å². The lowest BCUT2D eigenvalue weighted by Gasteiger charge is -2.56. The number of hydrogen-bond donors (Lipinski definition) is 1. The van der Waals surface area contributed by atoms with Crippen LogP contribution >= 0.6 is 0 Å². The minimum Gasteiger partial charge on any atom is -0.353 e. The lowest BCUT2D eigenvalue weighted by Crippen LogP contribution is -2.48. The molecule has 1 amide bonds. The van der Waals surface area contributed by atoms with Crippen LogP contribution in [0, 0.1) is 34.4 Å². The Morgan fingerprint density at radius 1 is 1.17 bits per heavy atom. The minimum absolute atomic E-state index is 0.0489. The number of carbonyl (C=O) groups is 1. The van der Waals surface area contributed by atoms with Crippen LogP contribution in [-0.2, 0) is 4.79 Å². The quantitative estimate of drug-likeness (QED) is 0.725. The fourth-order valence-corrected chi connectivity index (χ4v) is 6.96. The normalized spacial score (nSPS) is 38.6. The molecule has 0 bridgehead atoms. The Bertz CT molecular complexity index is 977. The lowest BCUT2D eigenvalue weighted by atomic mass is 9.47. The summed E-state index contributed by atoms with van der Waals surface area (Å²) >= 11 is 0. The smallest absolute Gasteiger partial charge is 0.243 e. The van der Waals surface area contributed by atoms with E-state index < -0.39 is 0 Å². The van der Waals surface area contributed by atoms with Crippen LogP contribution in [0.2, 0.25) is 0 Å². The molecule has 0 spiro atoms. The van der Waals surface area contributed by atoms with Gasteiger partial charge in [0.25, 0.3) is 0 Å². The van der Waals surface area contributed by atoms with Crippen LogP contribution in [0.15, 0.2) is 47.8 Å². The second-order valence-electron chi connectivity index (χ2n) is 9.87. The van der Waals surface area contributed by atoms with Gasteiger partial charge >= 0.3 is 0 Å². The van der Waals surface area contributed by atoms with Crippen molar-refractivity contribution in [3.05, 3.63) is 59.2 Å². The number of pyridine rings is 1. The molecule has 152 valence electrons. The van der Waals surface area contributed by atoms with Crippen molar-refractivity contribution in [3.8, 4) is 0 Å². The van der Waals surface area contributed by atoms with E-state index in [0.29, 0.717) is 17.8 Å². The maximum atomic E-state index is 13.8. The number of allylic oxidation sites excluding steroid dienone is 5. The van der Waals surface area contributed by atoms with E-state index in [1.807, 2.05) is 6.08 Å². The molecule has 4 aliphatic rings. The van der Waals surface area contributed by atoms with Gasteiger partial charge in [0.15, 0.2) is 0 Å². The van der Waals surface area contributed by atoms with Gasteiger partial charge in [0, 0.05) is 24.2 Å². The van der Waals surface area contributed by atoms with Crippen molar-refractivity contribution in [2.24, 2.45) is 28.6 Å². The Morgan fingerprint density at radius 2 is 2.00 bits per heavy atom. The van der Waals surface area contributed by atoms with Gasteiger partial charge in [0.05, 0.1) is 6.20 Å². The lowest BCUT2D eigenvalue weighted by molar-refractivity contribution is -0.116. The molecule has 1 N–H and O–H groups in total. The Labute approximate surface area is 172 Å². The monoisotopic (exact) mass is 392 g/mol. The Morgan fingerprint density at radius 3 is 2.79 bits per heavy atom. The molecule has 2 fully saturated rings. The average molecular weight is 393 g/mol. The molecule has 5 rings (SSSR count). The molecule has 0 aromatic carbocycles. The zero-order valence-corrected chi connectivity index (χ0v) is 17.5. The van der Waals surface area contributed by atoms with Crippen LogP contribution in [0.4, 0.5) is 4.39 Å². The molecule has 29 heavy (non-hydrogen) atoms. The highest BCUT2D eigenvalue weighted by Gasteiger charge is 2.55. The second-order valence-corrected chi connectivity index (χ2v) is 9.87. The summed E-state index contributed by atoms with van der Waals surface area (Å²) in [7, 11) is 0. The van der Waals surface area contributed by atoms with Gasteiger partial charge in [-0.05, 0) is 66.1 Å². The van der Waals surface area contributed by atoms with Gasteiger partial charge in [0.2, 0.25) is 5.91 Å². The Balaban J connectivity index is 1.52. The van der Waals surface area contributed by atoms with Crippen molar-refractivity contribution in [1.29, 1.82) is 0 Å². The predicted molar refractivity (Wildman–Crippen MR) is 112 cm³/mol. The maximum Gasteiger partial charge on any atom is 0.243 e. The first-order valence-electron chi connectivity index (χ1n) is 10.9. The number of carbonyl (C=O) groups excluding carboxylic acids is 1. The maximum absolute atomic E-state index is 13.8. The standard InChI is InChI=1S/C25H29FN2O/c1-15-10-18-20-5-4-19(16-11-17(26)14-27-13-16)24(20,2)7-6-21(18)25(3)8-9-28-23(29)12-22(15)25/h4-5,11-15,18,21H,6-10H2,1-3H3,(H,28,29)/t15?,18?,21?,24-,25-/m1/s1. The summed E-state index contributed by atoms with van der Waals surface area (Å²) in [5, 5.41) is 3.05. The van der Waals surface area contributed by atoms with Crippen molar-refractivity contribution < 1.29 is 9.18 Å². The number of fused-ring (bicyclic) bond motifs is 5. The van der Waals surface area contributed by atoms with Crippen molar-refractivity contribution in [3.63, 3.8) is 0 Å². The number of rotatable bonds is 1. The fourth-order valence-electron chi connectivity index (χ4n) is 6.96. The molecule has 3 aliphatic carbocycles. The summed E-state index contributed by atoms with van der Waals surface area (Å²) in [6.07, 6.45) is 13.7. The number of nitrogens with zero attached hydrogens (tertiary/aromatic N) is 1. The number of hydrogen-bond acceptors (Lipinski definition) is 2. The summed E-state index contributed by atoms with van der Waals surface area (Å²) in [6, 6.07) is 1.61. The summed E-state index contributed by atoms with van der Waals surface area (Å²) in [4.78, 5) is 16.3. The number of nitrogens with one attached hydrogen (secondary N) is 1. The topological polar surface area (TPSA) is 42.0 Å². The predicted octanol–water partition coefficient (Wildman–Crippen LogP) is 5.07. The fraction of sp³-hybridized carbons (Fsp3) is 0.520. The third-order valence-electron chi connectivity index (χ3n) is 8.36. The van der Waals surface area contributed by atoms with E-state index >= 15 is 0 Å². The number of halogens is 1. The molecule has 0 saturated heterocycles. The highest BCUT2D eigenvalue weighted by Crippen LogP contribution is 2.65. The van der Waals surface area contributed by atoms with Crippen LogP contribution in [0.1, 0.15) is 52.0 Å². The van der Waals surface area contributed by atoms with E-state index in [-0.39, 0.29) is 22.6 Å². The third-order valence-corrected chi connectivity index (χ3v) is 8.36. The summed E-state index contributed by atoms with van der Waals surface area (Å²) in [6.45, 7) is 7.75. The number of aromatic nitrogens is 1. The van der Waals surface area contributed by atoms with Crippen LogP contribution in [-0.4, -0.2) is 17.4 Å². The zero-order chi connectivity index (χ0) is 20.4. The van der Waals surface area contributed by atoms with Gasteiger partial charge < -0.3 is 5.32 Å². The van der Waals surface area contributed by atoms with Crippen LogP contribution < -0.4 is 5.32 Å². The van der Waals surface area contributed by atoms with Gasteiger partial charge in [-0.2, -0.15) is 0 Å². The Hall–Kier alpha value is -2.23. The number of amides is 1. The molecule has 3 nitrogen and oxygen atoms in total. The van der Waals surface area contributed by atoms with Crippen molar-refractivity contribution in [1.82, 2.24) is 10.3 Å². The molecule has 2 saturated carbocycles. The van der Waals surface area contributed by atoms with Gasteiger partial charge in [-0.25, -0.2) is 4.39 Å². The largest absolute Gasteiger partial charge is 0.353 e. The minimum atomic E-state index is -0.279. The summed E-state index contributed by atoms with van der Waals surface area (Å²) < 4.78 is 13.8. The van der Waals surface area contributed by atoms with Crippen molar-refractivity contribution in [2.45, 2.75) is 46.5 Å².